The van der Waals surface area contributed by atoms with E-state index in [1.165, 1.54) is 19.2 Å². The first-order valence-electron chi connectivity index (χ1n) is 9.00. The Bertz CT molecular complexity index is 866. The van der Waals surface area contributed by atoms with Gasteiger partial charge in [0, 0.05) is 29.3 Å². The Morgan fingerprint density at radius 1 is 0.897 bits per heavy atom. The van der Waals surface area contributed by atoms with Gasteiger partial charge in [-0.25, -0.2) is 0 Å². The van der Waals surface area contributed by atoms with Crippen LogP contribution in [0.4, 0.5) is 5.69 Å². The molecule has 0 aromatic heterocycles. The lowest BCUT2D eigenvalue weighted by Gasteiger charge is -2.14. The highest BCUT2D eigenvalue weighted by molar-refractivity contribution is 5.97. The van der Waals surface area contributed by atoms with Crippen LogP contribution in [-0.2, 0) is 14.3 Å². The average Bonchev–Trinajstić information content (AvgIpc) is 2.72. The molecule has 1 unspecified atom stereocenters. The Balaban J connectivity index is 1.81. The van der Waals surface area contributed by atoms with Crippen LogP contribution in [0.25, 0.3) is 0 Å². The topological polar surface area (TPSA) is 114 Å². The average molecular weight is 397 g/mol. The van der Waals surface area contributed by atoms with Crippen molar-refractivity contribution in [3.05, 3.63) is 65.7 Å². The maximum absolute atomic E-state index is 12.2. The third-order valence-electron chi connectivity index (χ3n) is 3.96. The van der Waals surface area contributed by atoms with Crippen molar-refractivity contribution in [3.63, 3.8) is 0 Å². The molecule has 8 nitrogen and oxygen atoms in total. The number of benzene rings is 2. The largest absolute Gasteiger partial charge is 0.468 e. The number of methoxy groups -OCH3 is 1. The van der Waals surface area contributed by atoms with Crippen LogP contribution in [-0.4, -0.2) is 43.4 Å². The zero-order valence-electron chi connectivity index (χ0n) is 16.2. The summed E-state index contributed by atoms with van der Waals surface area (Å²) in [6, 6.07) is 14.6. The second-order valence-electron chi connectivity index (χ2n) is 6.33. The monoisotopic (exact) mass is 397 g/mol. The summed E-state index contributed by atoms with van der Waals surface area (Å²) in [7, 11) is 1.24. The number of esters is 1. The lowest BCUT2D eigenvalue weighted by molar-refractivity contribution is -0.139. The van der Waals surface area contributed by atoms with E-state index < -0.39 is 11.9 Å². The van der Waals surface area contributed by atoms with E-state index in [1.54, 1.807) is 43.3 Å². The standard InChI is InChI=1S/C21H23N3O5/c1-14(23-21(28)15-6-4-3-5-7-15)12-18(25)24-17-10-8-16(9-11-17)20(27)22-13-19(26)29-2/h3-11,14H,12-13H2,1-2H3,(H,22,27)(H,23,28)(H,24,25). The van der Waals surface area contributed by atoms with Gasteiger partial charge in [-0.05, 0) is 43.3 Å². The van der Waals surface area contributed by atoms with Crippen LogP contribution in [0.1, 0.15) is 34.1 Å². The molecule has 2 aromatic rings. The predicted molar refractivity (Wildman–Crippen MR) is 107 cm³/mol. The second kappa shape index (κ2) is 10.6. The molecule has 29 heavy (non-hydrogen) atoms. The van der Waals surface area contributed by atoms with Crippen molar-refractivity contribution >= 4 is 29.4 Å². The first-order chi connectivity index (χ1) is 13.9. The Morgan fingerprint density at radius 3 is 2.14 bits per heavy atom. The molecule has 8 heteroatoms. The van der Waals surface area contributed by atoms with E-state index >= 15 is 0 Å². The number of hydrogen-bond acceptors (Lipinski definition) is 5. The Morgan fingerprint density at radius 2 is 1.52 bits per heavy atom. The van der Waals surface area contributed by atoms with Gasteiger partial charge >= 0.3 is 5.97 Å². The lowest BCUT2D eigenvalue weighted by Crippen LogP contribution is -2.35. The minimum atomic E-state index is -0.546. The van der Waals surface area contributed by atoms with Gasteiger partial charge in [-0.2, -0.15) is 0 Å². The summed E-state index contributed by atoms with van der Waals surface area (Å²) < 4.78 is 4.45. The maximum atomic E-state index is 12.2. The molecule has 0 aliphatic carbocycles. The van der Waals surface area contributed by atoms with Crippen molar-refractivity contribution in [3.8, 4) is 0 Å². The Hall–Kier alpha value is -3.68. The minimum Gasteiger partial charge on any atom is -0.468 e. The molecule has 0 bridgehead atoms. The summed E-state index contributed by atoms with van der Waals surface area (Å²) >= 11 is 0. The number of rotatable bonds is 8. The number of nitrogens with one attached hydrogen (secondary N) is 3. The predicted octanol–water partition coefficient (Wildman–Crippen LogP) is 1.74. The fraction of sp³-hybridized carbons (Fsp3) is 0.238. The lowest BCUT2D eigenvalue weighted by atomic mass is 10.1. The molecule has 0 fully saturated rings. The van der Waals surface area contributed by atoms with Gasteiger partial charge in [0.1, 0.15) is 6.54 Å². The Labute approximate surface area is 168 Å². The number of carbonyl (C=O) groups excluding carboxylic acids is 4. The third kappa shape index (κ3) is 7.10. The number of ether oxygens (including phenoxy) is 1. The zero-order chi connectivity index (χ0) is 21.2. The summed E-state index contributed by atoms with van der Waals surface area (Å²) in [5, 5.41) is 7.92. The molecule has 2 aromatic carbocycles. The van der Waals surface area contributed by atoms with Crippen molar-refractivity contribution in [2.75, 3.05) is 19.0 Å². The van der Waals surface area contributed by atoms with E-state index in [9.17, 15) is 19.2 Å². The number of carbonyl (C=O) groups is 4. The highest BCUT2D eigenvalue weighted by Crippen LogP contribution is 2.10. The van der Waals surface area contributed by atoms with Crippen LogP contribution in [0, 0.1) is 0 Å². The van der Waals surface area contributed by atoms with Gasteiger partial charge < -0.3 is 20.7 Å². The molecule has 0 saturated carbocycles. The summed E-state index contributed by atoms with van der Waals surface area (Å²) in [4.78, 5) is 47.2. The van der Waals surface area contributed by atoms with Gasteiger partial charge in [0.15, 0.2) is 0 Å². The van der Waals surface area contributed by atoms with E-state index in [-0.39, 0.29) is 30.8 Å². The zero-order valence-corrected chi connectivity index (χ0v) is 16.2. The SMILES string of the molecule is COC(=O)CNC(=O)c1ccc(NC(=O)CC(C)NC(=O)c2ccccc2)cc1. The molecule has 0 heterocycles. The van der Waals surface area contributed by atoms with Gasteiger partial charge in [0.2, 0.25) is 5.91 Å². The molecule has 0 aliphatic heterocycles. The number of amides is 3. The van der Waals surface area contributed by atoms with Crippen LogP contribution < -0.4 is 16.0 Å². The van der Waals surface area contributed by atoms with Gasteiger partial charge in [-0.1, -0.05) is 18.2 Å². The highest BCUT2D eigenvalue weighted by atomic mass is 16.5. The smallest absolute Gasteiger partial charge is 0.325 e. The summed E-state index contributed by atoms with van der Waals surface area (Å²) in [6.07, 6.45) is 0.0972. The van der Waals surface area contributed by atoms with Crippen molar-refractivity contribution in [2.24, 2.45) is 0 Å². The van der Waals surface area contributed by atoms with E-state index in [0.29, 0.717) is 16.8 Å². The van der Waals surface area contributed by atoms with E-state index in [4.69, 9.17) is 0 Å². The molecule has 3 N–H and O–H groups in total. The van der Waals surface area contributed by atoms with Crippen molar-refractivity contribution in [1.82, 2.24) is 10.6 Å². The summed E-state index contributed by atoms with van der Waals surface area (Å²) in [6.45, 7) is 1.52. The molecule has 152 valence electrons. The summed E-state index contributed by atoms with van der Waals surface area (Å²) in [5.41, 5.74) is 1.39. The molecule has 1 atom stereocenters. The van der Waals surface area contributed by atoms with Crippen LogP contribution in [0.5, 0.6) is 0 Å². The van der Waals surface area contributed by atoms with Crippen molar-refractivity contribution < 1.29 is 23.9 Å². The molecule has 3 amide bonds. The fourth-order valence-corrected chi connectivity index (χ4v) is 2.47. The van der Waals surface area contributed by atoms with Crippen molar-refractivity contribution in [2.45, 2.75) is 19.4 Å². The maximum Gasteiger partial charge on any atom is 0.325 e. The number of hydrogen-bond donors (Lipinski definition) is 3. The first kappa shape index (κ1) is 21.6. The van der Waals surface area contributed by atoms with Crippen LogP contribution in [0.15, 0.2) is 54.6 Å². The number of anilines is 1. The molecular formula is C21H23N3O5. The molecule has 0 aliphatic rings. The fourth-order valence-electron chi connectivity index (χ4n) is 2.47. The molecule has 0 saturated heterocycles. The van der Waals surface area contributed by atoms with E-state index in [2.05, 4.69) is 20.7 Å². The normalized spacial score (nSPS) is 11.1. The van der Waals surface area contributed by atoms with E-state index in [1.807, 2.05) is 6.07 Å². The van der Waals surface area contributed by atoms with Crippen LogP contribution in [0.2, 0.25) is 0 Å². The van der Waals surface area contributed by atoms with Gasteiger partial charge in [0.05, 0.1) is 7.11 Å². The van der Waals surface area contributed by atoms with Crippen LogP contribution in [0.3, 0.4) is 0 Å². The molecule has 0 spiro atoms. The minimum absolute atomic E-state index is 0.0972. The quantitative estimate of drug-likeness (QED) is 0.587. The third-order valence-corrected chi connectivity index (χ3v) is 3.96. The summed E-state index contributed by atoms with van der Waals surface area (Å²) in [5.74, 6) is -1.48. The van der Waals surface area contributed by atoms with E-state index in [0.717, 1.165) is 0 Å². The molecule has 0 radical (unpaired) electrons. The second-order valence-corrected chi connectivity index (χ2v) is 6.33. The molecule has 2 rings (SSSR count). The van der Waals surface area contributed by atoms with Gasteiger partial charge in [0.25, 0.3) is 11.8 Å². The Kier molecular flexibility index (Phi) is 7.90. The van der Waals surface area contributed by atoms with Gasteiger partial charge in [-0.15, -0.1) is 0 Å². The first-order valence-corrected chi connectivity index (χ1v) is 9.00. The molecular weight excluding hydrogens is 374 g/mol. The van der Waals surface area contributed by atoms with Gasteiger partial charge in [-0.3, -0.25) is 19.2 Å². The highest BCUT2D eigenvalue weighted by Gasteiger charge is 2.14. The van der Waals surface area contributed by atoms with Crippen molar-refractivity contribution in [1.29, 1.82) is 0 Å². The van der Waals surface area contributed by atoms with Crippen LogP contribution >= 0.6 is 0 Å².